The van der Waals surface area contributed by atoms with Gasteiger partial charge in [0.2, 0.25) is 0 Å². The number of rotatable bonds is 7. The Kier molecular flexibility index (Phi) is 6.06. The number of nitrogens with one attached hydrogen (secondary N) is 1. The highest BCUT2D eigenvalue weighted by Crippen LogP contribution is 2.13. The smallest absolute Gasteiger partial charge is 0.326 e. The predicted octanol–water partition coefficient (Wildman–Crippen LogP) is 0.994. The zero-order chi connectivity index (χ0) is 13.5. The Morgan fingerprint density at radius 1 is 1.56 bits per heavy atom. The van der Waals surface area contributed by atoms with Crippen molar-refractivity contribution < 1.29 is 14.7 Å². The lowest BCUT2D eigenvalue weighted by atomic mass is 10.2. The highest BCUT2D eigenvalue weighted by Gasteiger charge is 2.23. The molecule has 1 aromatic rings. The van der Waals surface area contributed by atoms with E-state index in [1.165, 1.54) is 0 Å². The molecule has 0 aromatic carbocycles. The SMILES string of the molecule is CCCc1nnsc1C(=O)NC(CCS)C(=O)O. The maximum atomic E-state index is 11.9. The van der Waals surface area contributed by atoms with Gasteiger partial charge in [-0.15, -0.1) is 5.10 Å². The number of hydrogen-bond acceptors (Lipinski definition) is 6. The largest absolute Gasteiger partial charge is 0.480 e. The van der Waals surface area contributed by atoms with E-state index in [2.05, 4.69) is 27.5 Å². The van der Waals surface area contributed by atoms with Crippen LogP contribution >= 0.6 is 24.2 Å². The lowest BCUT2D eigenvalue weighted by Gasteiger charge is -2.12. The lowest BCUT2D eigenvalue weighted by Crippen LogP contribution is -2.41. The molecular weight excluding hydrogens is 274 g/mol. The van der Waals surface area contributed by atoms with Crippen LogP contribution in [0.4, 0.5) is 0 Å². The highest BCUT2D eigenvalue weighted by molar-refractivity contribution is 7.80. The molecule has 1 aromatic heterocycles. The lowest BCUT2D eigenvalue weighted by molar-refractivity contribution is -0.139. The average molecular weight is 289 g/mol. The van der Waals surface area contributed by atoms with Crippen molar-refractivity contribution in [3.63, 3.8) is 0 Å². The van der Waals surface area contributed by atoms with Gasteiger partial charge in [-0.25, -0.2) is 4.79 Å². The van der Waals surface area contributed by atoms with E-state index < -0.39 is 17.9 Å². The molecule has 100 valence electrons. The standard InChI is InChI=1S/C10H15N3O3S2/c1-2-3-6-8(18-13-12-6)9(14)11-7(4-5-17)10(15)16/h7,17H,2-5H2,1H3,(H,11,14)(H,15,16). The molecule has 0 aliphatic rings. The summed E-state index contributed by atoms with van der Waals surface area (Å²) < 4.78 is 3.73. The van der Waals surface area contributed by atoms with E-state index in [-0.39, 0.29) is 6.42 Å². The van der Waals surface area contributed by atoms with Gasteiger partial charge in [-0.3, -0.25) is 4.79 Å². The van der Waals surface area contributed by atoms with Gasteiger partial charge in [-0.1, -0.05) is 17.8 Å². The van der Waals surface area contributed by atoms with Gasteiger partial charge >= 0.3 is 5.97 Å². The van der Waals surface area contributed by atoms with Crippen molar-refractivity contribution in [3.05, 3.63) is 10.6 Å². The summed E-state index contributed by atoms with van der Waals surface area (Å²) in [5.41, 5.74) is 0.620. The third-order valence-electron chi connectivity index (χ3n) is 2.27. The van der Waals surface area contributed by atoms with E-state index in [0.29, 0.717) is 22.7 Å². The fraction of sp³-hybridized carbons (Fsp3) is 0.600. The monoisotopic (exact) mass is 289 g/mol. The minimum Gasteiger partial charge on any atom is -0.480 e. The first-order valence-electron chi connectivity index (χ1n) is 5.55. The van der Waals surface area contributed by atoms with Gasteiger partial charge in [-0.2, -0.15) is 12.6 Å². The number of aromatic nitrogens is 2. The second-order valence-corrected chi connectivity index (χ2v) is 4.88. The Bertz CT molecular complexity index is 422. The molecule has 1 unspecified atom stereocenters. The number of aryl methyl sites for hydroxylation is 1. The van der Waals surface area contributed by atoms with Crippen LogP contribution in [0.5, 0.6) is 0 Å². The summed E-state index contributed by atoms with van der Waals surface area (Å²) in [5.74, 6) is -1.10. The summed E-state index contributed by atoms with van der Waals surface area (Å²) in [6.45, 7) is 1.97. The summed E-state index contributed by atoms with van der Waals surface area (Å²) in [4.78, 5) is 23.2. The third-order valence-corrected chi connectivity index (χ3v) is 3.30. The van der Waals surface area contributed by atoms with Crippen LogP contribution in [0.3, 0.4) is 0 Å². The molecule has 2 N–H and O–H groups in total. The van der Waals surface area contributed by atoms with E-state index in [9.17, 15) is 9.59 Å². The third kappa shape index (κ3) is 3.95. The molecule has 18 heavy (non-hydrogen) atoms. The molecule has 0 fully saturated rings. The summed E-state index contributed by atoms with van der Waals surface area (Å²) in [6, 6.07) is -0.924. The number of carbonyl (C=O) groups excluding carboxylic acids is 1. The second-order valence-electron chi connectivity index (χ2n) is 3.68. The number of aliphatic carboxylic acids is 1. The fourth-order valence-electron chi connectivity index (χ4n) is 1.39. The van der Waals surface area contributed by atoms with Crippen LogP contribution in [0.25, 0.3) is 0 Å². The molecule has 0 spiro atoms. The molecular formula is C10H15N3O3S2. The van der Waals surface area contributed by atoms with Crippen molar-refractivity contribution in [3.8, 4) is 0 Å². The van der Waals surface area contributed by atoms with Crippen molar-refractivity contribution in [2.75, 3.05) is 5.75 Å². The van der Waals surface area contributed by atoms with Gasteiger partial charge < -0.3 is 10.4 Å². The van der Waals surface area contributed by atoms with E-state index in [1.54, 1.807) is 0 Å². The molecule has 0 saturated heterocycles. The summed E-state index contributed by atoms with van der Waals surface area (Å²) >= 11 is 4.95. The van der Waals surface area contributed by atoms with Gasteiger partial charge in [0.15, 0.2) is 0 Å². The topological polar surface area (TPSA) is 92.2 Å². The number of thiol groups is 1. The number of carbonyl (C=O) groups is 2. The van der Waals surface area contributed by atoms with Gasteiger partial charge in [0, 0.05) is 0 Å². The van der Waals surface area contributed by atoms with Gasteiger partial charge in [-0.05, 0) is 30.1 Å². The van der Waals surface area contributed by atoms with Crippen LogP contribution in [-0.4, -0.2) is 38.4 Å². The van der Waals surface area contributed by atoms with Gasteiger partial charge in [0.05, 0.1) is 5.69 Å². The van der Waals surface area contributed by atoms with Gasteiger partial charge in [0.1, 0.15) is 10.9 Å². The maximum absolute atomic E-state index is 11.9. The van der Waals surface area contributed by atoms with Crippen LogP contribution < -0.4 is 5.32 Å². The first-order valence-corrected chi connectivity index (χ1v) is 6.96. The second kappa shape index (κ2) is 7.32. The average Bonchev–Trinajstić information content (AvgIpc) is 2.77. The molecule has 1 rings (SSSR count). The molecule has 1 atom stereocenters. The first kappa shape index (κ1) is 14.9. The maximum Gasteiger partial charge on any atom is 0.326 e. The zero-order valence-electron chi connectivity index (χ0n) is 9.92. The number of carboxylic acid groups (broad SMARTS) is 1. The van der Waals surface area contributed by atoms with E-state index >= 15 is 0 Å². The van der Waals surface area contributed by atoms with Crippen molar-refractivity contribution in [1.29, 1.82) is 0 Å². The normalized spacial score (nSPS) is 12.1. The predicted molar refractivity (Wildman–Crippen MR) is 71.3 cm³/mol. The van der Waals surface area contributed by atoms with Crippen molar-refractivity contribution >= 4 is 36.0 Å². The minimum atomic E-state index is -1.06. The Morgan fingerprint density at radius 3 is 2.83 bits per heavy atom. The van der Waals surface area contributed by atoms with Crippen LogP contribution in [0.15, 0.2) is 0 Å². The van der Waals surface area contributed by atoms with Crippen LogP contribution in [0, 0.1) is 0 Å². The molecule has 0 saturated carbocycles. The quantitative estimate of drug-likeness (QED) is 0.651. The fourth-order valence-corrected chi connectivity index (χ4v) is 2.26. The van der Waals surface area contributed by atoms with E-state index in [0.717, 1.165) is 18.0 Å². The molecule has 0 aliphatic heterocycles. The molecule has 0 radical (unpaired) electrons. The molecule has 0 aliphatic carbocycles. The first-order chi connectivity index (χ1) is 8.60. The van der Waals surface area contributed by atoms with Crippen LogP contribution in [0.1, 0.15) is 35.1 Å². The molecule has 0 bridgehead atoms. The number of hydrogen-bond donors (Lipinski definition) is 3. The summed E-state index contributed by atoms with van der Waals surface area (Å²) in [7, 11) is 0. The molecule has 1 heterocycles. The van der Waals surface area contributed by atoms with E-state index in [1.807, 2.05) is 6.92 Å². The van der Waals surface area contributed by atoms with E-state index in [4.69, 9.17) is 5.11 Å². The van der Waals surface area contributed by atoms with Crippen molar-refractivity contribution in [2.45, 2.75) is 32.2 Å². The Balaban J connectivity index is 2.74. The van der Waals surface area contributed by atoms with Crippen molar-refractivity contribution in [1.82, 2.24) is 14.9 Å². The van der Waals surface area contributed by atoms with Gasteiger partial charge in [0.25, 0.3) is 5.91 Å². The minimum absolute atomic E-state index is 0.277. The van der Waals surface area contributed by atoms with Crippen LogP contribution in [0.2, 0.25) is 0 Å². The number of amides is 1. The Labute approximate surface area is 114 Å². The summed E-state index contributed by atoms with van der Waals surface area (Å²) in [5, 5.41) is 15.3. The molecule has 1 amide bonds. The zero-order valence-corrected chi connectivity index (χ0v) is 11.6. The number of nitrogens with zero attached hydrogens (tertiary/aromatic N) is 2. The summed E-state index contributed by atoms with van der Waals surface area (Å²) in [6.07, 6.45) is 1.79. The molecule has 6 nitrogen and oxygen atoms in total. The van der Waals surface area contributed by atoms with Crippen molar-refractivity contribution in [2.24, 2.45) is 0 Å². The highest BCUT2D eigenvalue weighted by atomic mass is 32.1. The Morgan fingerprint density at radius 2 is 2.28 bits per heavy atom. The van der Waals surface area contributed by atoms with Crippen LogP contribution in [-0.2, 0) is 11.2 Å². The Hall–Kier alpha value is -1.15. The molecule has 8 heteroatoms. The number of carboxylic acids is 1.